The molecule has 142 valence electrons. The van der Waals surface area contributed by atoms with Crippen LogP contribution in [0.2, 0.25) is 0 Å². The summed E-state index contributed by atoms with van der Waals surface area (Å²) < 4.78 is 15.3. The lowest BCUT2D eigenvalue weighted by Crippen LogP contribution is -2.04. The van der Waals surface area contributed by atoms with E-state index in [1.54, 1.807) is 13.0 Å². The van der Waals surface area contributed by atoms with Gasteiger partial charge in [0.25, 0.3) is 0 Å². The van der Waals surface area contributed by atoms with Crippen molar-refractivity contribution in [2.24, 2.45) is 0 Å². The number of furan rings is 1. The van der Waals surface area contributed by atoms with Crippen LogP contribution in [-0.2, 0) is 20.9 Å². The van der Waals surface area contributed by atoms with E-state index in [2.05, 4.69) is 6.92 Å². The number of carbonyl (C=O) groups excluding carboxylic acids is 2. The highest BCUT2D eigenvalue weighted by Gasteiger charge is 2.13. The molecular formula is C20H32O5. The Morgan fingerprint density at radius 1 is 0.880 bits per heavy atom. The Kier molecular flexibility index (Phi) is 11.5. The molecule has 5 nitrogen and oxygen atoms in total. The van der Waals surface area contributed by atoms with Crippen LogP contribution in [0.4, 0.5) is 0 Å². The minimum atomic E-state index is -0.505. The molecule has 0 N–H and O–H groups in total. The molecule has 0 fully saturated rings. The fourth-order valence-corrected chi connectivity index (χ4v) is 2.57. The van der Waals surface area contributed by atoms with Crippen LogP contribution in [-0.4, -0.2) is 18.5 Å². The zero-order valence-corrected chi connectivity index (χ0v) is 15.7. The number of rotatable bonds is 14. The molecule has 0 amide bonds. The lowest BCUT2D eigenvalue weighted by molar-refractivity contribution is -0.145. The van der Waals surface area contributed by atoms with Crippen LogP contribution in [0.5, 0.6) is 0 Å². The topological polar surface area (TPSA) is 65.7 Å². The molecule has 1 aromatic heterocycles. The van der Waals surface area contributed by atoms with Crippen LogP contribution < -0.4 is 0 Å². The fourth-order valence-electron chi connectivity index (χ4n) is 2.57. The second-order valence-corrected chi connectivity index (χ2v) is 6.23. The Balaban J connectivity index is 2.04. The Morgan fingerprint density at radius 2 is 1.52 bits per heavy atom. The van der Waals surface area contributed by atoms with Crippen LogP contribution in [0, 0.1) is 0 Å². The number of hydrogen-bond donors (Lipinski definition) is 0. The van der Waals surface area contributed by atoms with Crippen LogP contribution >= 0.6 is 0 Å². The van der Waals surface area contributed by atoms with Crippen LogP contribution in [0.25, 0.3) is 0 Å². The maximum atomic E-state index is 11.7. The van der Waals surface area contributed by atoms with Gasteiger partial charge in [0.15, 0.2) is 0 Å². The summed E-state index contributed by atoms with van der Waals surface area (Å²) >= 11 is 0. The first-order chi connectivity index (χ1) is 12.2. The standard InChI is InChI=1S/C20H32O5/c1-3-5-6-7-8-9-10-11-12-13-19(21)24-16-17-14-15-18(25-17)20(22)23-4-2/h14-15H,3-13,16H2,1-2H3. The highest BCUT2D eigenvalue weighted by molar-refractivity contribution is 5.86. The third-order valence-electron chi connectivity index (χ3n) is 4.00. The SMILES string of the molecule is CCCCCCCCCCCC(=O)OCc1ccc(C(=O)OCC)o1. The van der Waals surface area contributed by atoms with Crippen LogP contribution in [0.3, 0.4) is 0 Å². The molecule has 1 rings (SSSR count). The second kappa shape index (κ2) is 13.5. The van der Waals surface area contributed by atoms with Crippen molar-refractivity contribution in [1.82, 2.24) is 0 Å². The smallest absolute Gasteiger partial charge is 0.374 e. The molecule has 0 aromatic carbocycles. The Morgan fingerprint density at radius 3 is 2.16 bits per heavy atom. The van der Waals surface area contributed by atoms with Gasteiger partial charge in [-0.05, 0) is 25.5 Å². The van der Waals surface area contributed by atoms with E-state index in [0.29, 0.717) is 18.8 Å². The van der Waals surface area contributed by atoms with Gasteiger partial charge in [-0.3, -0.25) is 4.79 Å². The van der Waals surface area contributed by atoms with Gasteiger partial charge in [-0.1, -0.05) is 58.3 Å². The first-order valence-corrected chi connectivity index (χ1v) is 9.58. The molecule has 25 heavy (non-hydrogen) atoms. The normalized spacial score (nSPS) is 10.6. The summed E-state index contributed by atoms with van der Waals surface area (Å²) in [7, 11) is 0. The summed E-state index contributed by atoms with van der Waals surface area (Å²) in [4.78, 5) is 23.2. The first kappa shape index (κ1) is 21.3. The molecule has 0 unspecified atom stereocenters. The molecule has 0 aliphatic heterocycles. The zero-order chi connectivity index (χ0) is 18.3. The summed E-state index contributed by atoms with van der Waals surface area (Å²) in [5.41, 5.74) is 0. The Labute approximate surface area is 151 Å². The lowest BCUT2D eigenvalue weighted by atomic mass is 10.1. The van der Waals surface area contributed by atoms with Crippen molar-refractivity contribution in [3.8, 4) is 0 Å². The van der Waals surface area contributed by atoms with Crippen molar-refractivity contribution in [2.75, 3.05) is 6.61 Å². The summed E-state index contributed by atoms with van der Waals surface area (Å²) in [6, 6.07) is 3.15. The minimum Gasteiger partial charge on any atom is -0.460 e. The molecule has 0 aliphatic rings. The molecule has 1 aromatic rings. The fraction of sp³-hybridized carbons (Fsp3) is 0.700. The molecule has 0 saturated carbocycles. The molecule has 1 heterocycles. The lowest BCUT2D eigenvalue weighted by Gasteiger charge is -2.04. The predicted octanol–water partition coefficient (Wildman–Crippen LogP) is 5.42. The number of unbranched alkanes of at least 4 members (excludes halogenated alkanes) is 8. The molecule has 0 spiro atoms. The van der Waals surface area contributed by atoms with Gasteiger partial charge in [0.05, 0.1) is 6.61 Å². The van der Waals surface area contributed by atoms with Gasteiger partial charge < -0.3 is 13.9 Å². The number of ether oxygens (including phenoxy) is 2. The molecule has 0 aliphatic carbocycles. The summed E-state index contributed by atoms with van der Waals surface area (Å²) in [5, 5.41) is 0. The molecular weight excluding hydrogens is 320 g/mol. The van der Waals surface area contributed by atoms with Crippen LogP contribution in [0.1, 0.15) is 94.4 Å². The maximum Gasteiger partial charge on any atom is 0.374 e. The average molecular weight is 352 g/mol. The number of esters is 2. The van der Waals surface area contributed by atoms with Gasteiger partial charge in [-0.15, -0.1) is 0 Å². The van der Waals surface area contributed by atoms with E-state index in [-0.39, 0.29) is 18.3 Å². The van der Waals surface area contributed by atoms with Gasteiger partial charge in [0.2, 0.25) is 5.76 Å². The third kappa shape index (κ3) is 9.95. The van der Waals surface area contributed by atoms with E-state index in [9.17, 15) is 9.59 Å². The summed E-state index contributed by atoms with van der Waals surface area (Å²) in [5.74, 6) is -0.151. The molecule has 0 bridgehead atoms. The van der Waals surface area contributed by atoms with Gasteiger partial charge >= 0.3 is 11.9 Å². The van der Waals surface area contributed by atoms with E-state index in [4.69, 9.17) is 13.9 Å². The van der Waals surface area contributed by atoms with Gasteiger partial charge in [0.1, 0.15) is 12.4 Å². The monoisotopic (exact) mass is 352 g/mol. The molecule has 0 saturated heterocycles. The van der Waals surface area contributed by atoms with Crippen molar-refractivity contribution in [1.29, 1.82) is 0 Å². The highest BCUT2D eigenvalue weighted by Crippen LogP contribution is 2.13. The molecule has 5 heteroatoms. The Bertz CT molecular complexity index is 492. The Hall–Kier alpha value is -1.78. The van der Waals surface area contributed by atoms with E-state index in [1.165, 1.54) is 51.0 Å². The summed E-state index contributed by atoms with van der Waals surface area (Å²) in [6.45, 7) is 4.30. The van der Waals surface area contributed by atoms with E-state index in [1.807, 2.05) is 0 Å². The van der Waals surface area contributed by atoms with E-state index >= 15 is 0 Å². The summed E-state index contributed by atoms with van der Waals surface area (Å²) in [6.07, 6.45) is 11.4. The number of hydrogen-bond acceptors (Lipinski definition) is 5. The third-order valence-corrected chi connectivity index (χ3v) is 4.00. The average Bonchev–Trinajstić information content (AvgIpc) is 3.08. The van der Waals surface area contributed by atoms with Crippen molar-refractivity contribution in [3.05, 3.63) is 23.7 Å². The second-order valence-electron chi connectivity index (χ2n) is 6.23. The van der Waals surface area contributed by atoms with Crippen molar-refractivity contribution in [3.63, 3.8) is 0 Å². The van der Waals surface area contributed by atoms with Crippen LogP contribution in [0.15, 0.2) is 16.5 Å². The highest BCUT2D eigenvalue weighted by atomic mass is 16.6. The van der Waals surface area contributed by atoms with Crippen molar-refractivity contribution >= 4 is 11.9 Å². The van der Waals surface area contributed by atoms with Gasteiger partial charge in [-0.2, -0.15) is 0 Å². The van der Waals surface area contributed by atoms with Crippen molar-refractivity contribution < 1.29 is 23.5 Å². The quantitative estimate of drug-likeness (QED) is 0.330. The number of carbonyl (C=O) groups is 2. The first-order valence-electron chi connectivity index (χ1n) is 9.58. The molecule has 0 atom stereocenters. The molecule has 0 radical (unpaired) electrons. The van der Waals surface area contributed by atoms with Crippen molar-refractivity contribution in [2.45, 2.75) is 84.7 Å². The van der Waals surface area contributed by atoms with E-state index in [0.717, 1.165) is 12.8 Å². The predicted molar refractivity (Wildman–Crippen MR) is 96.3 cm³/mol. The van der Waals surface area contributed by atoms with E-state index < -0.39 is 5.97 Å². The maximum absolute atomic E-state index is 11.7. The largest absolute Gasteiger partial charge is 0.460 e. The zero-order valence-electron chi connectivity index (χ0n) is 15.7. The van der Waals surface area contributed by atoms with Gasteiger partial charge in [0, 0.05) is 6.42 Å². The minimum absolute atomic E-state index is 0.0513. The van der Waals surface area contributed by atoms with Gasteiger partial charge in [-0.25, -0.2) is 4.79 Å².